The lowest BCUT2D eigenvalue weighted by Crippen LogP contribution is -2.52. The lowest BCUT2D eigenvalue weighted by Gasteiger charge is -2.31. The minimum atomic E-state index is -0.571. The molecule has 30 heavy (non-hydrogen) atoms. The lowest BCUT2D eigenvalue weighted by atomic mass is 10.1. The van der Waals surface area contributed by atoms with Gasteiger partial charge in [-0.1, -0.05) is 59.6 Å². The van der Waals surface area contributed by atoms with E-state index in [0.29, 0.717) is 17.3 Å². The summed E-state index contributed by atoms with van der Waals surface area (Å²) in [6.07, 6.45) is 0. The van der Waals surface area contributed by atoms with Gasteiger partial charge in [-0.2, -0.15) is 0 Å². The first-order valence-corrected chi connectivity index (χ1v) is 11.6. The number of amides is 2. The second-order valence-corrected chi connectivity index (χ2v) is 9.90. The predicted molar refractivity (Wildman–Crippen MR) is 127 cm³/mol. The van der Waals surface area contributed by atoms with Gasteiger partial charge in [0.1, 0.15) is 6.04 Å². The summed E-state index contributed by atoms with van der Waals surface area (Å²) in [6, 6.07) is 15.1. The molecule has 0 aliphatic rings. The number of nitrogens with zero attached hydrogens (tertiary/aromatic N) is 1. The molecule has 0 unspecified atom stereocenters. The van der Waals surface area contributed by atoms with E-state index in [0.717, 1.165) is 16.7 Å². The highest BCUT2D eigenvalue weighted by atomic mass is 35.5. The molecule has 0 spiro atoms. The number of carbonyl (C=O) groups is 2. The fourth-order valence-electron chi connectivity index (χ4n) is 3.01. The number of hydrogen-bond donors (Lipinski definition) is 1. The summed E-state index contributed by atoms with van der Waals surface area (Å²) in [5, 5.41) is 3.68. The Morgan fingerprint density at radius 3 is 2.47 bits per heavy atom. The molecule has 2 aromatic rings. The van der Waals surface area contributed by atoms with Crippen molar-refractivity contribution in [1.82, 2.24) is 10.2 Å². The Morgan fingerprint density at radius 1 is 1.13 bits per heavy atom. The van der Waals surface area contributed by atoms with Crippen LogP contribution in [0.5, 0.6) is 0 Å². The van der Waals surface area contributed by atoms with Crippen LogP contribution in [0.3, 0.4) is 0 Å². The average molecular weight is 447 g/mol. The normalized spacial score (nSPS) is 12.3. The first-order valence-electron chi connectivity index (χ1n) is 10.0. The molecule has 2 aromatic carbocycles. The van der Waals surface area contributed by atoms with Crippen molar-refractivity contribution < 1.29 is 9.59 Å². The second kappa shape index (κ2) is 10.9. The summed E-state index contributed by atoms with van der Waals surface area (Å²) in [5.41, 5.74) is 2.78. The molecule has 2 amide bonds. The number of carbonyl (C=O) groups excluding carboxylic acids is 2. The van der Waals surface area contributed by atoms with E-state index in [1.807, 2.05) is 76.2 Å². The maximum absolute atomic E-state index is 13.1. The largest absolute Gasteiger partial charge is 0.350 e. The molecule has 0 saturated heterocycles. The number of rotatable bonds is 8. The van der Waals surface area contributed by atoms with Gasteiger partial charge in [-0.05, 0) is 51.8 Å². The molecule has 0 aliphatic heterocycles. The number of halogens is 1. The van der Waals surface area contributed by atoms with Gasteiger partial charge in [-0.15, -0.1) is 11.8 Å². The Morgan fingerprint density at radius 2 is 1.83 bits per heavy atom. The number of benzene rings is 2. The Balaban J connectivity index is 2.11. The molecule has 6 heteroatoms. The van der Waals surface area contributed by atoms with Crippen molar-refractivity contribution in [2.45, 2.75) is 58.5 Å². The zero-order valence-electron chi connectivity index (χ0n) is 18.4. The second-order valence-electron chi connectivity index (χ2n) is 8.51. The van der Waals surface area contributed by atoms with Crippen LogP contribution < -0.4 is 5.32 Å². The monoisotopic (exact) mass is 446 g/mol. The van der Waals surface area contributed by atoms with E-state index in [2.05, 4.69) is 5.32 Å². The first-order chi connectivity index (χ1) is 14.1. The van der Waals surface area contributed by atoms with Crippen molar-refractivity contribution >= 4 is 35.2 Å². The van der Waals surface area contributed by atoms with Gasteiger partial charge >= 0.3 is 0 Å². The van der Waals surface area contributed by atoms with Gasteiger partial charge < -0.3 is 10.2 Å². The minimum absolute atomic E-state index is 0.0647. The standard InChI is InChI=1S/C24H31ClN2O2S/c1-17-9-8-10-19(13-17)14-27(18(2)23(29)26-24(3,4)5)22(28)16-30-15-20-11-6-7-12-21(20)25/h6-13,18H,14-16H2,1-5H3,(H,26,29)/t18-/m1/s1. The number of thioether (sulfide) groups is 1. The zero-order valence-corrected chi connectivity index (χ0v) is 19.9. The summed E-state index contributed by atoms with van der Waals surface area (Å²) in [7, 11) is 0. The van der Waals surface area contributed by atoms with Gasteiger partial charge in [-0.25, -0.2) is 0 Å². The lowest BCUT2D eigenvalue weighted by molar-refractivity contribution is -0.139. The van der Waals surface area contributed by atoms with Crippen LogP contribution in [0.4, 0.5) is 0 Å². The summed E-state index contributed by atoms with van der Waals surface area (Å²) >= 11 is 7.72. The van der Waals surface area contributed by atoms with E-state index in [1.165, 1.54) is 11.8 Å². The van der Waals surface area contributed by atoms with Crippen LogP contribution in [0.2, 0.25) is 5.02 Å². The van der Waals surface area contributed by atoms with Gasteiger partial charge in [-0.3, -0.25) is 9.59 Å². The van der Waals surface area contributed by atoms with Crippen molar-refractivity contribution in [3.05, 3.63) is 70.2 Å². The number of nitrogens with one attached hydrogen (secondary N) is 1. The smallest absolute Gasteiger partial charge is 0.242 e. The van der Waals surface area contributed by atoms with E-state index >= 15 is 0 Å². The molecule has 0 aromatic heterocycles. The molecule has 0 radical (unpaired) electrons. The van der Waals surface area contributed by atoms with Crippen molar-refractivity contribution in [1.29, 1.82) is 0 Å². The van der Waals surface area contributed by atoms with Crippen LogP contribution in [-0.4, -0.2) is 34.0 Å². The Hall–Kier alpha value is -1.98. The molecule has 0 saturated carbocycles. The Labute approximate surface area is 189 Å². The van der Waals surface area contributed by atoms with E-state index in [4.69, 9.17) is 11.6 Å². The predicted octanol–water partition coefficient (Wildman–Crippen LogP) is 5.21. The van der Waals surface area contributed by atoms with Gasteiger partial charge in [0.2, 0.25) is 11.8 Å². The Kier molecular flexibility index (Phi) is 8.80. The van der Waals surface area contributed by atoms with Gasteiger partial charge in [0, 0.05) is 22.9 Å². The first kappa shape index (κ1) is 24.3. The van der Waals surface area contributed by atoms with Gasteiger partial charge in [0.05, 0.1) is 5.75 Å². The van der Waals surface area contributed by atoms with Crippen LogP contribution in [-0.2, 0) is 21.9 Å². The quantitative estimate of drug-likeness (QED) is 0.605. The third-order valence-corrected chi connectivity index (χ3v) is 5.88. The maximum Gasteiger partial charge on any atom is 0.242 e. The van der Waals surface area contributed by atoms with Crippen LogP contribution in [0, 0.1) is 6.92 Å². The van der Waals surface area contributed by atoms with Gasteiger partial charge in [0.25, 0.3) is 0 Å². The van der Waals surface area contributed by atoms with E-state index in [-0.39, 0.29) is 23.1 Å². The van der Waals surface area contributed by atoms with E-state index < -0.39 is 6.04 Å². The SMILES string of the molecule is Cc1cccc(CN(C(=O)CSCc2ccccc2Cl)[C@H](C)C(=O)NC(C)(C)C)c1. The van der Waals surface area contributed by atoms with E-state index in [9.17, 15) is 9.59 Å². The fraction of sp³-hybridized carbons (Fsp3) is 0.417. The molecule has 1 N–H and O–H groups in total. The van der Waals surface area contributed by atoms with Crippen LogP contribution in [0.25, 0.3) is 0 Å². The van der Waals surface area contributed by atoms with E-state index in [1.54, 1.807) is 11.8 Å². The topological polar surface area (TPSA) is 49.4 Å². The minimum Gasteiger partial charge on any atom is -0.350 e. The number of hydrogen-bond acceptors (Lipinski definition) is 3. The molecular formula is C24H31ClN2O2S. The molecule has 2 rings (SSSR count). The third-order valence-electron chi connectivity index (χ3n) is 4.54. The highest BCUT2D eigenvalue weighted by Gasteiger charge is 2.28. The summed E-state index contributed by atoms with van der Waals surface area (Å²) in [4.78, 5) is 27.5. The van der Waals surface area contributed by atoms with Crippen molar-refractivity contribution in [2.75, 3.05) is 5.75 Å². The summed E-state index contributed by atoms with van der Waals surface area (Å²) in [5.74, 6) is 0.709. The van der Waals surface area contributed by atoms with Crippen LogP contribution in [0.15, 0.2) is 48.5 Å². The molecule has 0 heterocycles. The van der Waals surface area contributed by atoms with Crippen LogP contribution in [0.1, 0.15) is 44.4 Å². The highest BCUT2D eigenvalue weighted by molar-refractivity contribution is 7.99. The number of aryl methyl sites for hydroxylation is 1. The molecule has 4 nitrogen and oxygen atoms in total. The van der Waals surface area contributed by atoms with Crippen molar-refractivity contribution in [3.63, 3.8) is 0 Å². The summed E-state index contributed by atoms with van der Waals surface area (Å²) in [6.45, 7) is 10.0. The van der Waals surface area contributed by atoms with Crippen LogP contribution >= 0.6 is 23.4 Å². The molecule has 1 atom stereocenters. The highest BCUT2D eigenvalue weighted by Crippen LogP contribution is 2.22. The summed E-state index contributed by atoms with van der Waals surface area (Å²) < 4.78 is 0. The average Bonchev–Trinajstić information content (AvgIpc) is 2.65. The molecule has 0 bridgehead atoms. The third kappa shape index (κ3) is 7.69. The maximum atomic E-state index is 13.1. The zero-order chi connectivity index (χ0) is 22.3. The van der Waals surface area contributed by atoms with Gasteiger partial charge in [0.15, 0.2) is 0 Å². The molecule has 162 valence electrons. The Bertz CT molecular complexity index is 880. The fourth-order valence-corrected chi connectivity index (χ4v) is 4.21. The molecule has 0 aliphatic carbocycles. The van der Waals surface area contributed by atoms with Crippen molar-refractivity contribution in [3.8, 4) is 0 Å². The molecular weight excluding hydrogens is 416 g/mol. The molecule has 0 fully saturated rings. The van der Waals surface area contributed by atoms with Crippen molar-refractivity contribution in [2.24, 2.45) is 0 Å².